The van der Waals surface area contributed by atoms with E-state index in [1.54, 1.807) is 0 Å². The number of nitrogens with zero attached hydrogens (tertiary/aromatic N) is 2. The summed E-state index contributed by atoms with van der Waals surface area (Å²) in [4.78, 5) is 3.09. The zero-order chi connectivity index (χ0) is 41.0. The van der Waals surface area contributed by atoms with Crippen LogP contribution in [0.5, 0.6) is 0 Å². The van der Waals surface area contributed by atoms with Crippen molar-refractivity contribution in [3.63, 3.8) is 0 Å². The Balaban J connectivity index is 10.5. The first-order valence-electron chi connectivity index (χ1n) is 20.0. The molecule has 0 unspecified atom stereocenters. The lowest BCUT2D eigenvalue weighted by molar-refractivity contribution is 0.987. The van der Waals surface area contributed by atoms with E-state index < -0.39 is 94.8 Å². The molecule has 14 heteroatoms. The van der Waals surface area contributed by atoms with Gasteiger partial charge in [0.1, 0.15) is 0 Å². The molecule has 0 radical (unpaired) electrons. The van der Waals surface area contributed by atoms with Crippen LogP contribution in [0.2, 0.25) is 187 Å². The Morgan fingerprint density at radius 3 is 0.700 bits per heavy atom. The van der Waals surface area contributed by atoms with E-state index in [0.717, 1.165) is 19.2 Å². The summed E-state index contributed by atoms with van der Waals surface area (Å²) in [6, 6.07) is 0. The molecule has 0 aromatic carbocycles. The lowest BCUT2D eigenvalue weighted by Crippen LogP contribution is -2.79. The maximum Gasteiger partial charge on any atom is 0.410 e. The zero-order valence-corrected chi connectivity index (χ0v) is 51.4. The van der Waals surface area contributed by atoms with Crippen molar-refractivity contribution in [2.45, 2.75) is 215 Å². The Morgan fingerprint density at radius 2 is 0.580 bits per heavy atom. The zero-order valence-electron chi connectivity index (χ0n) is 39.4. The predicted octanol–water partition coefficient (Wildman–Crippen LogP) is 13.9. The van der Waals surface area contributed by atoms with Crippen LogP contribution in [0.3, 0.4) is 0 Å². The summed E-state index contributed by atoms with van der Waals surface area (Å²) < 4.78 is 5.41. The minimum absolute atomic E-state index is 0.568. The molecule has 0 amide bonds. The maximum absolute atomic E-state index is 12.5. The third-order valence-corrected chi connectivity index (χ3v) is 125. The molecule has 0 atom stereocenters. The molecule has 0 saturated carbocycles. The first-order valence-corrected chi connectivity index (χ1v) is 59.1. The smallest absolute Gasteiger partial charge is 0.387 e. The van der Waals surface area contributed by atoms with Gasteiger partial charge in [-0.2, -0.15) is 0 Å². The highest BCUT2D eigenvalue weighted by atomic mass is 29.6. The summed E-state index contributed by atoms with van der Waals surface area (Å²) in [6.45, 7) is 85.8. The maximum atomic E-state index is 12.5. The quantitative estimate of drug-likeness (QED) is 0.112. The molecule has 0 aromatic heterocycles. The SMILES string of the molecule is [C-]#[N+]/[Si](=[Si](/C#N)[Si](C(C)C)(C([Si](C)(C)C)[Si](C)(C)C)C([Si](C)(C)C)[Si](C)(C)C)[Si](C(C)C)(C([Si](C)(C)C)[Si](C)(C)C)C([Si](C)(C)C)[Si](C)(C)C. The molecule has 0 aliphatic carbocycles. The van der Waals surface area contributed by atoms with Gasteiger partial charge in [-0.3, -0.25) is 6.57 Å². The van der Waals surface area contributed by atoms with Gasteiger partial charge in [-0.05, 0) is 20.7 Å². The summed E-state index contributed by atoms with van der Waals surface area (Å²) in [5.74, 6) is 0. The first kappa shape index (κ1) is 51.6. The summed E-state index contributed by atoms with van der Waals surface area (Å²) in [7, 11) is -22.3. The van der Waals surface area contributed by atoms with Crippen LogP contribution in [-0.4, -0.2) is 94.8 Å². The fourth-order valence-electron chi connectivity index (χ4n) is 14.4. The Hall–Kier alpha value is 1.58. The summed E-state index contributed by atoms with van der Waals surface area (Å²) in [5, 5.41) is 12.5. The topological polar surface area (TPSA) is 28.1 Å². The van der Waals surface area contributed by atoms with Crippen LogP contribution in [0, 0.1) is 17.5 Å². The lowest BCUT2D eigenvalue weighted by Gasteiger charge is -2.62. The Labute approximate surface area is 329 Å². The van der Waals surface area contributed by atoms with Crippen molar-refractivity contribution in [2.24, 2.45) is 0 Å². The van der Waals surface area contributed by atoms with Gasteiger partial charge < -0.3 is 4.51 Å². The van der Waals surface area contributed by atoms with E-state index >= 15 is 0 Å². The average Bonchev–Trinajstić information content (AvgIpc) is 2.73. The molecule has 2 nitrogen and oxygen atoms in total. The van der Waals surface area contributed by atoms with E-state index in [9.17, 15) is 11.8 Å². The molecule has 0 aromatic rings. The van der Waals surface area contributed by atoms with Crippen LogP contribution in [0.1, 0.15) is 27.7 Å². The fourth-order valence-corrected chi connectivity index (χ4v) is 218. The van der Waals surface area contributed by atoms with Crippen LogP contribution < -0.4 is 0 Å². The van der Waals surface area contributed by atoms with Gasteiger partial charge in [0.2, 0.25) is 0 Å². The predicted molar refractivity (Wildman–Crippen MR) is 267 cm³/mol. The molecule has 292 valence electrons. The van der Waals surface area contributed by atoms with Crippen molar-refractivity contribution in [1.82, 2.24) is 0 Å². The third kappa shape index (κ3) is 10.5. The highest BCUT2D eigenvalue weighted by Crippen LogP contribution is 2.60. The van der Waals surface area contributed by atoms with Crippen LogP contribution >= 0.6 is 0 Å². The molecular weight excluding hydrogens is 797 g/mol. The summed E-state index contributed by atoms with van der Waals surface area (Å²) >= 11 is 0. The van der Waals surface area contributed by atoms with Gasteiger partial charge in [0.25, 0.3) is 0 Å². The van der Waals surface area contributed by atoms with Crippen LogP contribution in [0.15, 0.2) is 0 Å². The van der Waals surface area contributed by atoms with E-state index in [1.165, 1.54) is 0 Å². The van der Waals surface area contributed by atoms with E-state index in [-0.39, 0.29) is 0 Å². The third-order valence-electron chi connectivity index (χ3n) is 12.1. The Morgan fingerprint density at radius 1 is 0.400 bits per heavy atom. The van der Waals surface area contributed by atoms with E-state index in [1.807, 2.05) is 0 Å². The molecule has 0 heterocycles. The van der Waals surface area contributed by atoms with Crippen LogP contribution in [0.25, 0.3) is 4.51 Å². The molecule has 0 aliphatic heterocycles. The van der Waals surface area contributed by atoms with E-state index in [2.05, 4.69) is 191 Å². The molecule has 0 spiro atoms. The number of nitriles is 1. The summed E-state index contributed by atoms with van der Waals surface area (Å²) in [5.41, 5.74) is 4.72. The van der Waals surface area contributed by atoms with Gasteiger partial charge in [0.15, 0.2) is 15.0 Å². The molecule has 0 rings (SSSR count). The van der Waals surface area contributed by atoms with Crippen molar-refractivity contribution in [1.29, 1.82) is 5.26 Å². The van der Waals surface area contributed by atoms with E-state index in [0.29, 0.717) is 11.1 Å². The van der Waals surface area contributed by atoms with Gasteiger partial charge in [0.05, 0.1) is 7.59 Å². The minimum Gasteiger partial charge on any atom is -0.387 e. The Kier molecular flexibility index (Phi) is 16.7. The molecular formula is C36H90N2Si12. The molecule has 0 fully saturated rings. The van der Waals surface area contributed by atoms with Gasteiger partial charge >= 0.3 is 7.57 Å². The second-order valence-electron chi connectivity index (χ2n) is 25.8. The standard InChI is InChI=1S/C36H90N2Si12/c1-31(2)49(33(41(6,7)8)42(9,10)11,34(43(12,13)14)44(15,16)17)39(30-37)40(38-5)50(32(3)4,35(45(18,19)20)46(21,22)23)36(47(24,25)26)48(27,28)29/h31-36H,1-4,6-29H3/b40-39+. The molecule has 0 saturated heterocycles. The molecule has 0 N–H and O–H groups in total. The molecule has 0 aliphatic rings. The van der Waals surface area contributed by atoms with Crippen molar-refractivity contribution < 1.29 is 0 Å². The monoisotopic (exact) mass is 886 g/mol. The number of rotatable bonds is 16. The van der Waals surface area contributed by atoms with Gasteiger partial charge in [-0.1, -0.05) is 194 Å². The minimum atomic E-state index is -2.46. The van der Waals surface area contributed by atoms with Crippen LogP contribution in [0.4, 0.5) is 0 Å². The largest absolute Gasteiger partial charge is 0.410 e. The lowest BCUT2D eigenvalue weighted by atomic mass is 10.6. The van der Waals surface area contributed by atoms with Gasteiger partial charge in [-0.15, -0.1) is 0 Å². The number of hydrogen-bond acceptors (Lipinski definition) is 1. The second kappa shape index (κ2) is 16.2. The highest BCUT2D eigenvalue weighted by molar-refractivity contribution is 7.66. The second-order valence-corrected chi connectivity index (χ2v) is 99.5. The average molecular weight is 888 g/mol. The number of hydrogen-bond donors (Lipinski definition) is 0. The van der Waals surface area contributed by atoms with E-state index in [4.69, 9.17) is 4.51 Å². The van der Waals surface area contributed by atoms with Crippen molar-refractivity contribution in [3.8, 4) is 5.69 Å². The fraction of sp³-hybridized carbons (Fsp3) is 0.944. The van der Waals surface area contributed by atoms with Crippen LogP contribution in [-0.2, 0) is 0 Å². The Bertz CT molecular complexity index is 1060. The molecule has 50 heavy (non-hydrogen) atoms. The highest BCUT2D eigenvalue weighted by Gasteiger charge is 2.74. The molecule has 0 bridgehead atoms. The van der Waals surface area contributed by atoms with Crippen molar-refractivity contribution >= 4 is 94.8 Å². The van der Waals surface area contributed by atoms with Gasteiger partial charge in [0, 0.05) is 70.3 Å². The summed E-state index contributed by atoms with van der Waals surface area (Å²) in [6.07, 6.45) is 0. The van der Waals surface area contributed by atoms with Gasteiger partial charge in [-0.25, -0.2) is 5.26 Å². The first-order chi connectivity index (χ1) is 21.5. The van der Waals surface area contributed by atoms with Crippen molar-refractivity contribution in [3.05, 3.63) is 11.1 Å². The van der Waals surface area contributed by atoms with Crippen molar-refractivity contribution in [2.75, 3.05) is 0 Å². The normalized spacial score (nSPS) is 16.2.